The lowest BCUT2D eigenvalue weighted by Gasteiger charge is -2.38. The highest BCUT2D eigenvalue weighted by molar-refractivity contribution is 7.47. The third-order valence-corrected chi connectivity index (χ3v) is 13.2. The number of esters is 2. The van der Waals surface area contributed by atoms with Crippen molar-refractivity contribution < 1.29 is 92.2 Å². The molecule has 1 aliphatic carbocycles. The Bertz CT molecular complexity index is 1670. The largest absolute Gasteiger partial charge is 0.472 e. The number of phosphoric ester groups is 2. The van der Waals surface area contributed by atoms with Crippen molar-refractivity contribution in [2.75, 3.05) is 13.2 Å². The average Bonchev–Trinajstić information content (AvgIpc) is 3.28. The molecule has 10 N–H and O–H groups in total. The molecule has 1 unspecified atom stereocenters. The van der Waals surface area contributed by atoms with Crippen LogP contribution in [0.1, 0.15) is 136 Å². The lowest BCUT2D eigenvalue weighted by Crippen LogP contribution is -2.56. The summed E-state index contributed by atoms with van der Waals surface area (Å²) in [7, 11) is -11.4. The van der Waals surface area contributed by atoms with Gasteiger partial charge in [-0.3, -0.25) is 23.2 Å². The van der Waals surface area contributed by atoms with Gasteiger partial charge in [0.25, 0.3) is 0 Å². The Morgan fingerprint density at radius 2 is 1.44 bits per heavy atom. The van der Waals surface area contributed by atoms with Gasteiger partial charge in [-0.25, -0.2) is 9.13 Å². The van der Waals surface area contributed by atoms with Gasteiger partial charge in [0, 0.05) is 24.7 Å². The molecule has 13 atom stereocenters. The third-order valence-electron chi connectivity index (χ3n) is 11.7. The van der Waals surface area contributed by atoms with E-state index in [2.05, 4.69) is 43.4 Å². The molecule has 1 heterocycles. The van der Waals surface area contributed by atoms with E-state index in [1.807, 2.05) is 6.92 Å². The van der Waals surface area contributed by atoms with E-state index in [-0.39, 0.29) is 19.3 Å². The van der Waals surface area contributed by atoms with Gasteiger partial charge in [0.1, 0.15) is 31.0 Å². The number of rotatable bonds is 25. The summed E-state index contributed by atoms with van der Waals surface area (Å²) in [5.41, 5.74) is 0. The Hall–Kier alpha value is -2.42. The Labute approximate surface area is 401 Å². The molecule has 19 nitrogen and oxygen atoms in total. The molecule has 392 valence electrons. The highest BCUT2D eigenvalue weighted by Gasteiger charge is 2.51. The second kappa shape index (κ2) is 34.0. The summed E-state index contributed by atoms with van der Waals surface area (Å²) in [5.74, 6) is -4.76. The van der Waals surface area contributed by atoms with Gasteiger partial charge in [0.15, 0.2) is 6.10 Å². The number of carbonyl (C=O) groups excluding carboxylic acids is 2. The summed E-state index contributed by atoms with van der Waals surface area (Å²) in [6.07, 6.45) is 8.20. The fraction of sp³-hybridized carbons (Fsp3) is 0.745. The molecule has 1 fully saturated rings. The molecule has 0 amide bonds. The van der Waals surface area contributed by atoms with E-state index in [1.54, 1.807) is 0 Å². The van der Waals surface area contributed by atoms with Gasteiger partial charge in [-0.1, -0.05) is 120 Å². The number of aliphatic hydroxyl groups excluding tert-OH is 7. The van der Waals surface area contributed by atoms with Crippen molar-refractivity contribution in [3.8, 4) is 0 Å². The molecule has 0 aromatic carbocycles. The van der Waals surface area contributed by atoms with Crippen LogP contribution in [0.3, 0.4) is 0 Å². The quantitative estimate of drug-likeness (QED) is 0.0236. The Morgan fingerprint density at radius 1 is 0.824 bits per heavy atom. The van der Waals surface area contributed by atoms with Crippen LogP contribution < -0.4 is 0 Å². The minimum absolute atomic E-state index is 0.0201. The normalized spacial score (nSPS) is 31.7. The summed E-state index contributed by atoms with van der Waals surface area (Å²) < 4.78 is 51.8. The first-order valence-corrected chi connectivity index (χ1v) is 27.1. The van der Waals surface area contributed by atoms with Crippen LogP contribution in [0.15, 0.2) is 60.8 Å². The van der Waals surface area contributed by atoms with Crippen LogP contribution >= 0.6 is 15.6 Å². The van der Waals surface area contributed by atoms with Gasteiger partial charge in [-0.2, -0.15) is 0 Å². The van der Waals surface area contributed by atoms with E-state index in [4.69, 9.17) is 23.0 Å². The van der Waals surface area contributed by atoms with Gasteiger partial charge in [0.05, 0.1) is 43.5 Å². The topological polar surface area (TPSA) is 317 Å². The molecule has 0 saturated heterocycles. The highest BCUT2D eigenvalue weighted by atomic mass is 31.2. The van der Waals surface area contributed by atoms with Crippen LogP contribution in [0.4, 0.5) is 0 Å². The minimum Gasteiger partial charge on any atom is -0.462 e. The molecule has 1 aliphatic heterocycles. The fourth-order valence-electron chi connectivity index (χ4n) is 7.77. The molecule has 2 bridgehead atoms. The first-order valence-electron chi connectivity index (χ1n) is 24.1. The molecule has 2 aliphatic rings. The van der Waals surface area contributed by atoms with Crippen molar-refractivity contribution in [2.45, 2.75) is 197 Å². The van der Waals surface area contributed by atoms with E-state index in [1.165, 1.54) is 37.5 Å². The highest BCUT2D eigenvalue weighted by Crippen LogP contribution is 2.50. The molecule has 0 spiro atoms. The van der Waals surface area contributed by atoms with Crippen LogP contribution in [-0.4, -0.2) is 137 Å². The standard InChI is InChI=1S/C47H80O19P2/c1-3-5-7-8-9-10-11-12-13-14-15-16-17-18-19-20-22-27-40(51)62-32-35-33-63-68(60,61)66-47-45(56)44(55)42(53)36(26-23-24-28-41(52)64-35)38(49)31-39(50)37(30-29-34(48)25-21-6-4-2)43(54)46(47)65-67(57,58)59/h9-10,12-13,15-16,23-24,29-30,34-39,42-50,53-56H,3-8,11,14,17-22,25-28,31-33H2,1-2H3,(H,60,61)(H2,57,58,59)/b10-9-,13-12-,16-15-,24-23-,30-29-/t34-,35-,36-,37+,38+,39-,42-,43-,44+,45-,46-,47+/m1/s1. The third kappa shape index (κ3) is 25.6. The van der Waals surface area contributed by atoms with Gasteiger partial charge in [-0.15, -0.1) is 0 Å². The number of phosphoric acid groups is 2. The zero-order valence-corrected chi connectivity index (χ0v) is 41.4. The Balaban J connectivity index is 2.23. The first kappa shape index (κ1) is 61.7. The number of aliphatic hydroxyl groups is 7. The minimum atomic E-state index is -5.76. The maximum Gasteiger partial charge on any atom is 0.472 e. The molecule has 21 heteroatoms. The van der Waals surface area contributed by atoms with Crippen molar-refractivity contribution in [3.63, 3.8) is 0 Å². The molecule has 2 rings (SSSR count). The number of hydrogen-bond acceptors (Lipinski definition) is 16. The van der Waals surface area contributed by atoms with Gasteiger partial charge >= 0.3 is 27.6 Å². The number of unbranched alkanes of at least 4 members (excludes halogenated alkanes) is 9. The molecule has 0 aromatic rings. The molecule has 1 saturated carbocycles. The summed E-state index contributed by atoms with van der Waals surface area (Å²) in [6, 6.07) is 0. The number of hydrogen-bond donors (Lipinski definition) is 10. The number of ether oxygens (including phenoxy) is 2. The van der Waals surface area contributed by atoms with Crippen molar-refractivity contribution in [2.24, 2.45) is 11.8 Å². The van der Waals surface area contributed by atoms with Crippen molar-refractivity contribution in [1.29, 1.82) is 0 Å². The van der Waals surface area contributed by atoms with Gasteiger partial charge < -0.3 is 59.9 Å². The lowest BCUT2D eigenvalue weighted by atomic mass is 9.83. The van der Waals surface area contributed by atoms with E-state index in [0.29, 0.717) is 12.8 Å². The summed E-state index contributed by atoms with van der Waals surface area (Å²) in [4.78, 5) is 56.5. The van der Waals surface area contributed by atoms with Gasteiger partial charge in [-0.05, 0) is 57.8 Å². The summed E-state index contributed by atoms with van der Waals surface area (Å²) in [6.45, 7) is 2.49. The SMILES string of the molecule is CCCCC/C=C\C/C=C\C/C=C\CCCCCCC(=O)OC[C@@H]1COP(=O)(O)O[C@H]2[C@H](O)[C@@H](O)[C@H](O)[C@H](C/C=C\CC(=O)O1)[C@@H](O)C[C@@H](O)[C@H](/C=C\[C@H](O)CCCCC)[C@@H](O)[C@H]2OP(=O)(O)O. The second-order valence-electron chi connectivity index (χ2n) is 17.5. The molecular formula is C47H80O19P2. The van der Waals surface area contributed by atoms with Crippen LogP contribution in [0.5, 0.6) is 0 Å². The van der Waals surface area contributed by atoms with E-state index >= 15 is 0 Å². The Kier molecular flexibility index (Phi) is 30.9. The molecule has 68 heavy (non-hydrogen) atoms. The predicted octanol–water partition coefficient (Wildman–Crippen LogP) is 5.44. The van der Waals surface area contributed by atoms with Crippen LogP contribution in [0, 0.1) is 11.8 Å². The zero-order chi connectivity index (χ0) is 50.5. The molecule has 0 aromatic heterocycles. The number of allylic oxidation sites excluding steroid dienone is 7. The monoisotopic (exact) mass is 1010 g/mol. The number of cyclic esters (lactones) is 1. The lowest BCUT2D eigenvalue weighted by molar-refractivity contribution is -0.165. The van der Waals surface area contributed by atoms with Crippen LogP contribution in [0.2, 0.25) is 0 Å². The summed E-state index contributed by atoms with van der Waals surface area (Å²) in [5, 5.41) is 79.2. The van der Waals surface area contributed by atoms with Crippen molar-refractivity contribution in [1.82, 2.24) is 0 Å². The molecular weight excluding hydrogens is 930 g/mol. The van der Waals surface area contributed by atoms with E-state index < -0.39 is 127 Å². The predicted molar refractivity (Wildman–Crippen MR) is 252 cm³/mol. The van der Waals surface area contributed by atoms with Crippen LogP contribution in [-0.2, 0) is 41.8 Å². The summed E-state index contributed by atoms with van der Waals surface area (Å²) >= 11 is 0. The van der Waals surface area contributed by atoms with Crippen molar-refractivity contribution in [3.05, 3.63) is 60.8 Å². The zero-order valence-electron chi connectivity index (χ0n) is 39.6. The molecule has 0 radical (unpaired) electrons. The maximum atomic E-state index is 13.6. The van der Waals surface area contributed by atoms with E-state index in [9.17, 15) is 69.1 Å². The van der Waals surface area contributed by atoms with Crippen molar-refractivity contribution >= 4 is 27.6 Å². The van der Waals surface area contributed by atoms with Gasteiger partial charge in [0.2, 0.25) is 0 Å². The fourth-order valence-corrected chi connectivity index (χ4v) is 9.30. The number of fused-ring (bicyclic) bond motifs is 4. The maximum absolute atomic E-state index is 13.6. The Morgan fingerprint density at radius 3 is 2.09 bits per heavy atom. The van der Waals surface area contributed by atoms with E-state index in [0.717, 1.165) is 63.9 Å². The first-order chi connectivity index (χ1) is 32.3. The average molecular weight is 1010 g/mol. The van der Waals surface area contributed by atoms with Crippen LogP contribution in [0.25, 0.3) is 0 Å². The second-order valence-corrected chi connectivity index (χ2v) is 20.1. The number of carbonyl (C=O) groups is 2. The smallest absolute Gasteiger partial charge is 0.462 e.